The fraction of sp³-hybridized carbons (Fsp3) is 0.190. The van der Waals surface area contributed by atoms with E-state index in [1.165, 1.54) is 16.9 Å². The molecule has 4 aromatic rings. The van der Waals surface area contributed by atoms with Crippen molar-refractivity contribution in [3.8, 4) is 0 Å². The van der Waals surface area contributed by atoms with Crippen LogP contribution in [0.2, 0.25) is 0 Å². The molecule has 0 fully saturated rings. The van der Waals surface area contributed by atoms with Gasteiger partial charge < -0.3 is 0 Å². The van der Waals surface area contributed by atoms with Gasteiger partial charge in [0.15, 0.2) is 5.13 Å². The van der Waals surface area contributed by atoms with Crippen LogP contribution in [0.1, 0.15) is 40.6 Å². The largest absolute Gasteiger partial charge is 0.279 e. The molecule has 0 aliphatic rings. The first-order chi connectivity index (χ1) is 13.1. The number of pyridine rings is 1. The van der Waals surface area contributed by atoms with E-state index in [1.54, 1.807) is 28.6 Å². The molecule has 4 nitrogen and oxygen atoms in total. The molecule has 3 heterocycles. The van der Waals surface area contributed by atoms with E-state index in [0.29, 0.717) is 17.3 Å². The minimum atomic E-state index is -0.0287. The molecule has 27 heavy (non-hydrogen) atoms. The number of thiophene rings is 1. The van der Waals surface area contributed by atoms with Gasteiger partial charge in [0, 0.05) is 12.4 Å². The molecule has 0 aliphatic heterocycles. The van der Waals surface area contributed by atoms with Gasteiger partial charge in [-0.2, -0.15) is 0 Å². The van der Waals surface area contributed by atoms with Crippen LogP contribution >= 0.6 is 22.7 Å². The molecule has 0 unspecified atom stereocenters. The average Bonchev–Trinajstić information content (AvgIpc) is 3.35. The number of benzene rings is 1. The molecule has 0 spiro atoms. The maximum absolute atomic E-state index is 13.2. The summed E-state index contributed by atoms with van der Waals surface area (Å²) in [4.78, 5) is 24.7. The van der Waals surface area contributed by atoms with Gasteiger partial charge in [0.2, 0.25) is 0 Å². The first-order valence-corrected chi connectivity index (χ1v) is 10.5. The molecule has 0 saturated heterocycles. The molecular weight excluding hydrogens is 374 g/mol. The van der Waals surface area contributed by atoms with E-state index in [9.17, 15) is 4.79 Å². The van der Waals surface area contributed by atoms with Crippen molar-refractivity contribution in [2.24, 2.45) is 0 Å². The number of hydrogen-bond acceptors (Lipinski definition) is 5. The first-order valence-electron chi connectivity index (χ1n) is 8.77. The Labute approximate surface area is 166 Å². The summed E-state index contributed by atoms with van der Waals surface area (Å²) in [5.41, 5.74) is 3.17. The normalized spacial score (nSPS) is 11.2. The van der Waals surface area contributed by atoms with Crippen LogP contribution in [0.4, 0.5) is 5.13 Å². The Morgan fingerprint density at radius 3 is 2.74 bits per heavy atom. The SMILES string of the molecule is CC(C)c1cccc2sc(N(Cc3cccnc3)C(=O)c3cccs3)nc12. The van der Waals surface area contributed by atoms with Gasteiger partial charge >= 0.3 is 0 Å². The standard InChI is InChI=1S/C21H19N3OS2/c1-14(2)16-7-3-8-17-19(16)23-21(27-17)24(13-15-6-4-10-22-12-15)20(25)18-9-5-11-26-18/h3-12,14H,13H2,1-2H3. The van der Waals surface area contributed by atoms with Gasteiger partial charge in [-0.25, -0.2) is 4.98 Å². The van der Waals surface area contributed by atoms with Gasteiger partial charge in [-0.05, 0) is 40.6 Å². The second-order valence-electron chi connectivity index (χ2n) is 6.57. The van der Waals surface area contributed by atoms with Gasteiger partial charge in [-0.1, -0.05) is 49.4 Å². The summed E-state index contributed by atoms with van der Waals surface area (Å²) in [5, 5.41) is 2.64. The van der Waals surface area contributed by atoms with E-state index >= 15 is 0 Å². The number of para-hydroxylation sites is 1. The van der Waals surface area contributed by atoms with Crippen LogP contribution < -0.4 is 4.90 Å². The molecule has 0 atom stereocenters. The summed E-state index contributed by atoms with van der Waals surface area (Å²) in [5.74, 6) is 0.349. The summed E-state index contributed by atoms with van der Waals surface area (Å²) >= 11 is 3.01. The second kappa shape index (κ2) is 7.58. The maximum Gasteiger partial charge on any atom is 0.270 e. The zero-order valence-corrected chi connectivity index (χ0v) is 16.8. The first kappa shape index (κ1) is 17.8. The lowest BCUT2D eigenvalue weighted by Crippen LogP contribution is -2.29. The molecule has 1 amide bonds. The van der Waals surface area contributed by atoms with Crippen molar-refractivity contribution in [3.63, 3.8) is 0 Å². The van der Waals surface area contributed by atoms with E-state index < -0.39 is 0 Å². The van der Waals surface area contributed by atoms with Crippen molar-refractivity contribution in [2.45, 2.75) is 26.3 Å². The molecule has 1 aromatic carbocycles. The van der Waals surface area contributed by atoms with Gasteiger partial charge in [-0.3, -0.25) is 14.7 Å². The number of thiazole rings is 1. The molecule has 0 radical (unpaired) electrons. The van der Waals surface area contributed by atoms with E-state index in [4.69, 9.17) is 4.98 Å². The summed E-state index contributed by atoms with van der Waals surface area (Å²) in [6.07, 6.45) is 3.53. The molecule has 0 aliphatic carbocycles. The molecule has 4 rings (SSSR count). The number of fused-ring (bicyclic) bond motifs is 1. The summed E-state index contributed by atoms with van der Waals surface area (Å²) in [6.45, 7) is 4.78. The van der Waals surface area contributed by atoms with Crippen LogP contribution in [0.5, 0.6) is 0 Å². The van der Waals surface area contributed by atoms with Crippen LogP contribution in [0, 0.1) is 0 Å². The average molecular weight is 394 g/mol. The Kier molecular flexibility index (Phi) is 5.01. The van der Waals surface area contributed by atoms with E-state index in [-0.39, 0.29) is 5.91 Å². The topological polar surface area (TPSA) is 46.1 Å². The van der Waals surface area contributed by atoms with Crippen molar-refractivity contribution in [3.05, 3.63) is 76.2 Å². The highest BCUT2D eigenvalue weighted by Crippen LogP contribution is 2.35. The molecule has 0 N–H and O–H groups in total. The number of carbonyl (C=O) groups is 1. The maximum atomic E-state index is 13.2. The zero-order chi connectivity index (χ0) is 18.8. The van der Waals surface area contributed by atoms with Gasteiger partial charge in [0.25, 0.3) is 5.91 Å². The van der Waals surface area contributed by atoms with Crippen molar-refractivity contribution in [1.29, 1.82) is 0 Å². The van der Waals surface area contributed by atoms with Crippen molar-refractivity contribution < 1.29 is 4.79 Å². The lowest BCUT2D eigenvalue weighted by molar-refractivity contribution is 0.0989. The zero-order valence-electron chi connectivity index (χ0n) is 15.1. The Bertz CT molecular complexity index is 1060. The van der Waals surface area contributed by atoms with Crippen molar-refractivity contribution in [1.82, 2.24) is 9.97 Å². The number of nitrogens with zero attached hydrogens (tertiary/aromatic N) is 3. The molecular formula is C21H19N3OS2. The Balaban J connectivity index is 1.79. The highest BCUT2D eigenvalue weighted by molar-refractivity contribution is 7.22. The fourth-order valence-electron chi connectivity index (χ4n) is 2.97. The summed E-state index contributed by atoms with van der Waals surface area (Å²) in [7, 11) is 0. The predicted molar refractivity (Wildman–Crippen MR) is 113 cm³/mol. The third-order valence-corrected chi connectivity index (χ3v) is 6.23. The van der Waals surface area contributed by atoms with Crippen LogP contribution in [0.3, 0.4) is 0 Å². The monoisotopic (exact) mass is 393 g/mol. The summed E-state index contributed by atoms with van der Waals surface area (Å²) < 4.78 is 1.10. The highest BCUT2D eigenvalue weighted by Gasteiger charge is 2.23. The van der Waals surface area contributed by atoms with E-state index in [0.717, 1.165) is 20.9 Å². The van der Waals surface area contributed by atoms with E-state index in [1.807, 2.05) is 29.6 Å². The molecule has 0 bridgehead atoms. The lowest BCUT2D eigenvalue weighted by Gasteiger charge is -2.19. The van der Waals surface area contributed by atoms with Crippen molar-refractivity contribution >= 4 is 43.9 Å². The quantitative estimate of drug-likeness (QED) is 0.435. The minimum Gasteiger partial charge on any atom is -0.279 e. The van der Waals surface area contributed by atoms with Gasteiger partial charge in [0.05, 0.1) is 21.6 Å². The number of rotatable bonds is 5. The van der Waals surface area contributed by atoms with Gasteiger partial charge in [-0.15, -0.1) is 11.3 Å². The number of carbonyl (C=O) groups excluding carboxylic acids is 1. The second-order valence-corrected chi connectivity index (χ2v) is 8.53. The number of amides is 1. The van der Waals surface area contributed by atoms with Crippen molar-refractivity contribution in [2.75, 3.05) is 4.90 Å². The Morgan fingerprint density at radius 2 is 2.04 bits per heavy atom. The Morgan fingerprint density at radius 1 is 1.15 bits per heavy atom. The lowest BCUT2D eigenvalue weighted by atomic mass is 10.0. The van der Waals surface area contributed by atoms with Crippen LogP contribution in [-0.2, 0) is 6.54 Å². The summed E-state index contributed by atoms with van der Waals surface area (Å²) in [6, 6.07) is 13.9. The molecule has 136 valence electrons. The number of hydrogen-bond donors (Lipinski definition) is 0. The fourth-order valence-corrected chi connectivity index (χ4v) is 4.64. The van der Waals surface area contributed by atoms with Gasteiger partial charge in [0.1, 0.15) is 0 Å². The van der Waals surface area contributed by atoms with Crippen LogP contribution in [0.15, 0.2) is 60.2 Å². The number of anilines is 1. The minimum absolute atomic E-state index is 0.0287. The highest BCUT2D eigenvalue weighted by atomic mass is 32.1. The molecule has 0 saturated carbocycles. The Hall–Kier alpha value is -2.57. The smallest absolute Gasteiger partial charge is 0.270 e. The van der Waals surface area contributed by atoms with E-state index in [2.05, 4.69) is 37.0 Å². The third kappa shape index (κ3) is 3.63. The predicted octanol–water partition coefficient (Wildman–Crippen LogP) is 5.72. The third-order valence-electron chi connectivity index (χ3n) is 4.33. The molecule has 3 aromatic heterocycles. The van der Waals surface area contributed by atoms with Crippen LogP contribution in [-0.4, -0.2) is 15.9 Å². The van der Waals surface area contributed by atoms with Crippen LogP contribution in [0.25, 0.3) is 10.2 Å². The molecule has 6 heteroatoms. The number of aromatic nitrogens is 2.